The van der Waals surface area contributed by atoms with E-state index in [9.17, 15) is 4.79 Å². The van der Waals surface area contributed by atoms with E-state index in [1.165, 1.54) is 47.0 Å². The maximum Gasteiger partial charge on any atom is 0.349 e. The van der Waals surface area contributed by atoms with Crippen molar-refractivity contribution in [1.29, 1.82) is 0 Å². The van der Waals surface area contributed by atoms with E-state index in [1.54, 1.807) is 13.8 Å². The Morgan fingerprint density at radius 1 is 1.16 bits per heavy atom. The molecule has 3 heterocycles. The summed E-state index contributed by atoms with van der Waals surface area (Å²) in [5, 5.41) is 1.21. The van der Waals surface area contributed by atoms with E-state index in [-0.39, 0.29) is 5.97 Å². The molecule has 4 rings (SSSR count). The highest BCUT2D eigenvalue weighted by molar-refractivity contribution is 6.02. The second kappa shape index (κ2) is 8.37. The van der Waals surface area contributed by atoms with Crippen LogP contribution in [0.25, 0.3) is 22.0 Å². The SMILES string of the molecule is CCOC(=O)C(C)(C)Oc1c(C)cc2c(c1C)c(-c1ccncc1)c1n2CCCCC1. The molecule has 0 N–H and O–H groups in total. The Balaban J connectivity index is 1.95. The van der Waals surface area contributed by atoms with Gasteiger partial charge in [0.05, 0.1) is 6.61 Å². The maximum atomic E-state index is 12.5. The number of ether oxygens (including phenoxy) is 2. The zero-order valence-corrected chi connectivity index (χ0v) is 19.2. The number of carbonyl (C=O) groups excluding carboxylic acids is 1. The zero-order valence-electron chi connectivity index (χ0n) is 19.2. The summed E-state index contributed by atoms with van der Waals surface area (Å²) in [6, 6.07) is 6.39. The van der Waals surface area contributed by atoms with Crippen molar-refractivity contribution < 1.29 is 14.3 Å². The number of pyridine rings is 1. The molecule has 164 valence electrons. The first kappa shape index (κ1) is 21.4. The van der Waals surface area contributed by atoms with Gasteiger partial charge in [-0.2, -0.15) is 0 Å². The second-order valence-corrected chi connectivity index (χ2v) is 8.89. The second-order valence-electron chi connectivity index (χ2n) is 8.89. The average molecular weight is 421 g/mol. The molecule has 0 amide bonds. The lowest BCUT2D eigenvalue weighted by molar-refractivity contribution is -0.158. The van der Waals surface area contributed by atoms with Gasteiger partial charge in [0.25, 0.3) is 0 Å². The summed E-state index contributed by atoms with van der Waals surface area (Å²) in [7, 11) is 0. The first-order valence-electron chi connectivity index (χ1n) is 11.3. The first-order valence-corrected chi connectivity index (χ1v) is 11.3. The average Bonchev–Trinajstić information content (AvgIpc) is 2.89. The van der Waals surface area contributed by atoms with Crippen molar-refractivity contribution >= 4 is 16.9 Å². The van der Waals surface area contributed by atoms with Crippen LogP contribution in [0.15, 0.2) is 30.6 Å². The van der Waals surface area contributed by atoms with Crippen molar-refractivity contribution in [3.8, 4) is 16.9 Å². The highest BCUT2D eigenvalue weighted by atomic mass is 16.6. The summed E-state index contributed by atoms with van der Waals surface area (Å²) in [6.07, 6.45) is 8.42. The van der Waals surface area contributed by atoms with Crippen LogP contribution in [0.1, 0.15) is 56.9 Å². The van der Waals surface area contributed by atoms with Crippen LogP contribution in [0, 0.1) is 13.8 Å². The lowest BCUT2D eigenvalue weighted by Gasteiger charge is -2.26. The third-order valence-electron chi connectivity index (χ3n) is 6.23. The monoisotopic (exact) mass is 420 g/mol. The van der Waals surface area contributed by atoms with Crippen molar-refractivity contribution in [3.05, 3.63) is 47.4 Å². The van der Waals surface area contributed by atoms with E-state index < -0.39 is 5.60 Å². The van der Waals surface area contributed by atoms with Crippen LogP contribution >= 0.6 is 0 Å². The van der Waals surface area contributed by atoms with Crippen LogP contribution in [-0.4, -0.2) is 27.7 Å². The van der Waals surface area contributed by atoms with Gasteiger partial charge < -0.3 is 14.0 Å². The molecule has 31 heavy (non-hydrogen) atoms. The lowest BCUT2D eigenvalue weighted by Crippen LogP contribution is -2.40. The van der Waals surface area contributed by atoms with Gasteiger partial charge in [0.1, 0.15) is 5.75 Å². The number of esters is 1. The molecule has 0 radical (unpaired) electrons. The third-order valence-corrected chi connectivity index (χ3v) is 6.23. The van der Waals surface area contributed by atoms with Crippen molar-refractivity contribution in [2.24, 2.45) is 0 Å². The lowest BCUT2D eigenvalue weighted by atomic mass is 9.96. The fraction of sp³-hybridized carbons (Fsp3) is 0.462. The fourth-order valence-electron chi connectivity index (χ4n) is 4.74. The standard InChI is InChI=1S/C26H32N2O3/c1-6-30-25(29)26(4,5)31-24-17(2)16-21-22(18(24)3)23(19-11-13-27-14-12-19)20-10-8-7-9-15-28(20)21/h11-14,16H,6-10,15H2,1-5H3. The third kappa shape index (κ3) is 3.82. The Morgan fingerprint density at radius 2 is 1.90 bits per heavy atom. The first-order chi connectivity index (χ1) is 14.8. The molecule has 5 nitrogen and oxygen atoms in total. The van der Waals surface area contributed by atoms with Crippen molar-refractivity contribution in [3.63, 3.8) is 0 Å². The number of rotatable bonds is 5. The van der Waals surface area contributed by atoms with E-state index in [0.29, 0.717) is 6.61 Å². The molecule has 1 aromatic carbocycles. The number of benzene rings is 1. The summed E-state index contributed by atoms with van der Waals surface area (Å²) in [5.74, 6) is 0.414. The molecule has 5 heteroatoms. The minimum Gasteiger partial charge on any atom is -0.476 e. The normalized spacial score (nSPS) is 14.2. The van der Waals surface area contributed by atoms with Gasteiger partial charge in [-0.1, -0.05) is 6.42 Å². The maximum absolute atomic E-state index is 12.5. The molecule has 2 aromatic heterocycles. The number of hydrogen-bond acceptors (Lipinski definition) is 4. The number of aryl methyl sites for hydroxylation is 3. The summed E-state index contributed by atoms with van der Waals surface area (Å²) in [5.41, 5.74) is 6.14. The minimum atomic E-state index is -1.06. The van der Waals surface area contributed by atoms with Crippen LogP contribution in [-0.2, 0) is 22.5 Å². The molecule has 0 saturated heterocycles. The van der Waals surface area contributed by atoms with Crippen LogP contribution in [0.5, 0.6) is 5.75 Å². The number of aromatic nitrogens is 2. The van der Waals surface area contributed by atoms with Crippen LogP contribution < -0.4 is 4.74 Å². The summed E-state index contributed by atoms with van der Waals surface area (Å²) < 4.78 is 14.1. The van der Waals surface area contributed by atoms with Gasteiger partial charge in [0.15, 0.2) is 5.60 Å². The predicted octanol–water partition coefficient (Wildman–Crippen LogP) is 5.77. The molecule has 1 aliphatic heterocycles. The number of hydrogen-bond donors (Lipinski definition) is 0. The Morgan fingerprint density at radius 3 is 2.61 bits per heavy atom. The van der Waals surface area contributed by atoms with Crippen molar-refractivity contribution in [1.82, 2.24) is 9.55 Å². The molecule has 0 saturated carbocycles. The van der Waals surface area contributed by atoms with E-state index in [1.807, 2.05) is 19.3 Å². The van der Waals surface area contributed by atoms with Gasteiger partial charge >= 0.3 is 5.97 Å². The topological polar surface area (TPSA) is 53.4 Å². The molecule has 0 bridgehead atoms. The molecular weight excluding hydrogens is 388 g/mol. The highest BCUT2D eigenvalue weighted by Gasteiger charge is 2.33. The Labute approximate surface area is 184 Å². The molecule has 0 aliphatic carbocycles. The van der Waals surface area contributed by atoms with Gasteiger partial charge in [0.2, 0.25) is 0 Å². The molecule has 0 unspecified atom stereocenters. The summed E-state index contributed by atoms with van der Waals surface area (Å²) in [6.45, 7) is 10.9. The quantitative estimate of drug-likeness (QED) is 0.492. The number of nitrogens with zero attached hydrogens (tertiary/aromatic N) is 2. The summed E-state index contributed by atoms with van der Waals surface area (Å²) in [4.78, 5) is 16.7. The summed E-state index contributed by atoms with van der Waals surface area (Å²) >= 11 is 0. The molecule has 0 fully saturated rings. The van der Waals surface area contributed by atoms with Gasteiger partial charge in [0, 0.05) is 46.7 Å². The highest BCUT2D eigenvalue weighted by Crippen LogP contribution is 2.43. The molecule has 3 aromatic rings. The van der Waals surface area contributed by atoms with Gasteiger partial charge in [-0.3, -0.25) is 4.98 Å². The Bertz CT molecular complexity index is 1110. The molecule has 1 aliphatic rings. The van der Waals surface area contributed by atoms with Crippen LogP contribution in [0.3, 0.4) is 0 Å². The molecular formula is C26H32N2O3. The fourth-order valence-corrected chi connectivity index (χ4v) is 4.74. The van der Waals surface area contributed by atoms with Crippen LogP contribution in [0.4, 0.5) is 0 Å². The largest absolute Gasteiger partial charge is 0.476 e. The van der Waals surface area contributed by atoms with Crippen molar-refractivity contribution in [2.75, 3.05) is 6.61 Å². The van der Waals surface area contributed by atoms with Crippen molar-refractivity contribution in [2.45, 2.75) is 72.4 Å². The van der Waals surface area contributed by atoms with Crippen LogP contribution in [0.2, 0.25) is 0 Å². The molecule has 0 spiro atoms. The number of carbonyl (C=O) groups is 1. The predicted molar refractivity (Wildman–Crippen MR) is 124 cm³/mol. The van der Waals surface area contributed by atoms with Gasteiger partial charge in [-0.25, -0.2) is 4.79 Å². The van der Waals surface area contributed by atoms with Gasteiger partial charge in [-0.05, 0) is 83.2 Å². The molecule has 0 atom stereocenters. The van der Waals surface area contributed by atoms with Gasteiger partial charge in [-0.15, -0.1) is 0 Å². The van der Waals surface area contributed by atoms with E-state index in [4.69, 9.17) is 9.47 Å². The zero-order chi connectivity index (χ0) is 22.2. The van der Waals surface area contributed by atoms with E-state index in [2.05, 4.69) is 41.6 Å². The number of fused-ring (bicyclic) bond motifs is 3. The smallest absolute Gasteiger partial charge is 0.349 e. The van der Waals surface area contributed by atoms with E-state index >= 15 is 0 Å². The Hall–Kier alpha value is -2.82. The van der Waals surface area contributed by atoms with E-state index in [0.717, 1.165) is 29.8 Å². The Kier molecular flexibility index (Phi) is 5.78. The minimum absolute atomic E-state index is 0.334.